The molecule has 0 fully saturated rings. The van der Waals surface area contributed by atoms with Crippen LogP contribution in [0.3, 0.4) is 0 Å². The van der Waals surface area contributed by atoms with Crippen LogP contribution in [0.25, 0.3) is 0 Å². The molecule has 0 amide bonds. The zero-order valence-corrected chi connectivity index (χ0v) is 12.2. The molecule has 0 aliphatic rings. The van der Waals surface area contributed by atoms with Crippen molar-refractivity contribution in [1.29, 1.82) is 0 Å². The summed E-state index contributed by atoms with van der Waals surface area (Å²) >= 11 is 0. The third-order valence-corrected chi connectivity index (χ3v) is 2.94. The number of rotatable bonds is 8. The largest absolute Gasteiger partial charge is 0.493 e. The Morgan fingerprint density at radius 2 is 1.85 bits per heavy atom. The van der Waals surface area contributed by atoms with Crippen molar-refractivity contribution in [2.75, 3.05) is 27.9 Å². The Bertz CT molecular complexity index is 461. The predicted molar refractivity (Wildman–Crippen MR) is 74.8 cm³/mol. The number of aliphatic carboxylic acids is 1. The SMILES string of the molecule is CCNC(CC(=O)O)c1ccc(OC)c(OC)c1OC. The quantitative estimate of drug-likeness (QED) is 0.758. The van der Waals surface area contributed by atoms with Gasteiger partial charge in [0.15, 0.2) is 11.5 Å². The Morgan fingerprint density at radius 3 is 2.30 bits per heavy atom. The van der Waals surface area contributed by atoms with Crippen LogP contribution in [0.15, 0.2) is 12.1 Å². The molecular formula is C14H21NO5. The Balaban J connectivity index is 3.29. The van der Waals surface area contributed by atoms with E-state index in [9.17, 15) is 4.79 Å². The molecule has 1 aromatic rings. The van der Waals surface area contributed by atoms with Gasteiger partial charge in [0.25, 0.3) is 0 Å². The first-order valence-corrected chi connectivity index (χ1v) is 6.33. The first-order valence-electron chi connectivity index (χ1n) is 6.33. The van der Waals surface area contributed by atoms with Crippen molar-refractivity contribution < 1.29 is 24.1 Å². The van der Waals surface area contributed by atoms with Gasteiger partial charge in [0.2, 0.25) is 5.75 Å². The predicted octanol–water partition coefficient (Wildman–Crippen LogP) is 1.84. The number of hydrogen-bond donors (Lipinski definition) is 2. The van der Waals surface area contributed by atoms with Crippen LogP contribution < -0.4 is 19.5 Å². The number of nitrogens with one attached hydrogen (secondary N) is 1. The summed E-state index contributed by atoms with van der Waals surface area (Å²) in [6.45, 7) is 2.57. The number of carbonyl (C=O) groups is 1. The molecule has 0 aliphatic carbocycles. The molecule has 0 aromatic heterocycles. The molecule has 1 aromatic carbocycles. The highest BCUT2D eigenvalue weighted by Crippen LogP contribution is 2.42. The van der Waals surface area contributed by atoms with E-state index in [4.69, 9.17) is 19.3 Å². The molecule has 0 saturated heterocycles. The monoisotopic (exact) mass is 283 g/mol. The lowest BCUT2D eigenvalue weighted by Crippen LogP contribution is -2.24. The molecule has 112 valence electrons. The minimum absolute atomic E-state index is 0.0420. The summed E-state index contributed by atoms with van der Waals surface area (Å²) in [5.74, 6) is 0.603. The van der Waals surface area contributed by atoms with Gasteiger partial charge in [-0.15, -0.1) is 0 Å². The van der Waals surface area contributed by atoms with Crippen molar-refractivity contribution in [3.8, 4) is 17.2 Å². The molecule has 0 aliphatic heterocycles. The Labute approximate surface area is 118 Å². The fourth-order valence-electron chi connectivity index (χ4n) is 2.11. The van der Waals surface area contributed by atoms with E-state index < -0.39 is 5.97 Å². The Kier molecular flexibility index (Phi) is 6.11. The van der Waals surface area contributed by atoms with Gasteiger partial charge in [0, 0.05) is 11.6 Å². The minimum atomic E-state index is -0.882. The van der Waals surface area contributed by atoms with E-state index >= 15 is 0 Å². The van der Waals surface area contributed by atoms with Crippen molar-refractivity contribution in [2.24, 2.45) is 0 Å². The summed E-state index contributed by atoms with van der Waals surface area (Å²) in [5, 5.41) is 12.2. The van der Waals surface area contributed by atoms with Gasteiger partial charge >= 0.3 is 5.97 Å². The maximum atomic E-state index is 11.0. The number of benzene rings is 1. The smallest absolute Gasteiger partial charge is 0.305 e. The molecule has 0 spiro atoms. The number of carboxylic acids is 1. The van der Waals surface area contributed by atoms with Crippen LogP contribution >= 0.6 is 0 Å². The average Bonchev–Trinajstić information content (AvgIpc) is 2.44. The zero-order valence-electron chi connectivity index (χ0n) is 12.2. The third kappa shape index (κ3) is 3.54. The van der Waals surface area contributed by atoms with Crippen LogP contribution in [0.2, 0.25) is 0 Å². The van der Waals surface area contributed by atoms with E-state index in [1.807, 2.05) is 6.92 Å². The molecule has 2 N–H and O–H groups in total. The average molecular weight is 283 g/mol. The van der Waals surface area contributed by atoms with E-state index in [-0.39, 0.29) is 12.5 Å². The summed E-state index contributed by atoms with van der Waals surface area (Å²) < 4.78 is 15.9. The van der Waals surface area contributed by atoms with Gasteiger partial charge in [-0.3, -0.25) is 4.79 Å². The molecule has 1 atom stereocenters. The van der Waals surface area contributed by atoms with Gasteiger partial charge in [-0.25, -0.2) is 0 Å². The van der Waals surface area contributed by atoms with E-state index in [0.717, 1.165) is 5.56 Å². The van der Waals surface area contributed by atoms with Crippen LogP contribution in [-0.4, -0.2) is 38.9 Å². The van der Waals surface area contributed by atoms with E-state index in [1.165, 1.54) is 21.3 Å². The highest BCUT2D eigenvalue weighted by Gasteiger charge is 2.23. The standard InChI is InChI=1S/C14H21NO5/c1-5-15-10(8-12(16)17)9-6-7-11(18-2)14(20-4)13(9)19-3/h6-7,10,15H,5,8H2,1-4H3,(H,16,17). The van der Waals surface area contributed by atoms with Crippen molar-refractivity contribution in [1.82, 2.24) is 5.32 Å². The Morgan fingerprint density at radius 1 is 1.20 bits per heavy atom. The lowest BCUT2D eigenvalue weighted by atomic mass is 10.0. The molecule has 1 rings (SSSR count). The number of hydrogen-bond acceptors (Lipinski definition) is 5. The zero-order chi connectivity index (χ0) is 15.1. The topological polar surface area (TPSA) is 77.0 Å². The lowest BCUT2D eigenvalue weighted by Gasteiger charge is -2.21. The molecular weight excluding hydrogens is 262 g/mol. The summed E-state index contributed by atoms with van der Waals surface area (Å²) in [6.07, 6.45) is -0.0420. The number of carboxylic acid groups (broad SMARTS) is 1. The van der Waals surface area contributed by atoms with Crippen molar-refractivity contribution in [3.63, 3.8) is 0 Å². The third-order valence-electron chi connectivity index (χ3n) is 2.94. The molecule has 0 saturated carbocycles. The van der Waals surface area contributed by atoms with Crippen LogP contribution in [0.5, 0.6) is 17.2 Å². The molecule has 6 nitrogen and oxygen atoms in total. The first-order chi connectivity index (χ1) is 9.58. The van der Waals surface area contributed by atoms with Crippen LogP contribution in [0, 0.1) is 0 Å². The summed E-state index contributed by atoms with van der Waals surface area (Å²) in [7, 11) is 4.57. The van der Waals surface area contributed by atoms with Gasteiger partial charge in [-0.05, 0) is 18.7 Å². The highest BCUT2D eigenvalue weighted by atomic mass is 16.5. The van der Waals surface area contributed by atoms with Crippen LogP contribution in [-0.2, 0) is 4.79 Å². The summed E-state index contributed by atoms with van der Waals surface area (Å²) in [5.41, 5.74) is 0.731. The molecule has 20 heavy (non-hydrogen) atoms. The Hall–Kier alpha value is -1.95. The van der Waals surface area contributed by atoms with E-state index in [1.54, 1.807) is 12.1 Å². The summed E-state index contributed by atoms with van der Waals surface area (Å²) in [4.78, 5) is 11.0. The molecule has 0 heterocycles. The highest BCUT2D eigenvalue weighted by molar-refractivity contribution is 5.69. The second kappa shape index (κ2) is 7.59. The van der Waals surface area contributed by atoms with Crippen LogP contribution in [0.1, 0.15) is 24.9 Å². The van der Waals surface area contributed by atoms with Gasteiger partial charge in [-0.1, -0.05) is 6.92 Å². The first kappa shape index (κ1) is 16.1. The van der Waals surface area contributed by atoms with E-state index in [2.05, 4.69) is 5.32 Å². The van der Waals surface area contributed by atoms with Gasteiger partial charge in [0.05, 0.1) is 27.8 Å². The second-order valence-corrected chi connectivity index (χ2v) is 4.13. The maximum Gasteiger partial charge on any atom is 0.305 e. The normalized spacial score (nSPS) is 11.8. The number of ether oxygens (including phenoxy) is 3. The van der Waals surface area contributed by atoms with Gasteiger partial charge in [-0.2, -0.15) is 0 Å². The lowest BCUT2D eigenvalue weighted by molar-refractivity contribution is -0.137. The number of methoxy groups -OCH3 is 3. The van der Waals surface area contributed by atoms with Gasteiger partial charge in [0.1, 0.15) is 0 Å². The fourth-order valence-corrected chi connectivity index (χ4v) is 2.11. The molecule has 1 unspecified atom stereocenters. The van der Waals surface area contributed by atoms with E-state index in [0.29, 0.717) is 23.8 Å². The van der Waals surface area contributed by atoms with Crippen molar-refractivity contribution in [3.05, 3.63) is 17.7 Å². The molecule has 6 heteroatoms. The van der Waals surface area contributed by atoms with Crippen molar-refractivity contribution >= 4 is 5.97 Å². The maximum absolute atomic E-state index is 11.0. The summed E-state index contributed by atoms with van der Waals surface area (Å²) in [6, 6.07) is 3.17. The van der Waals surface area contributed by atoms with Crippen LogP contribution in [0.4, 0.5) is 0 Å². The fraction of sp³-hybridized carbons (Fsp3) is 0.500. The minimum Gasteiger partial charge on any atom is -0.493 e. The second-order valence-electron chi connectivity index (χ2n) is 4.13. The van der Waals surface area contributed by atoms with Crippen molar-refractivity contribution in [2.45, 2.75) is 19.4 Å². The van der Waals surface area contributed by atoms with Gasteiger partial charge < -0.3 is 24.6 Å². The molecule has 0 bridgehead atoms. The molecule has 0 radical (unpaired) electrons.